The van der Waals surface area contributed by atoms with Crippen LogP contribution in [0.5, 0.6) is 0 Å². The van der Waals surface area contributed by atoms with Gasteiger partial charge in [-0.05, 0) is 51.3 Å². The SMILES string of the molecule is CNC(=O)c1cnn2c([C@@H]3CCCCN3C(=O)CN3CCCC3)ccnc12. The molecular formula is C19H26N6O2. The summed E-state index contributed by atoms with van der Waals surface area (Å²) in [6.45, 7) is 3.29. The van der Waals surface area contributed by atoms with Gasteiger partial charge in [0.05, 0.1) is 24.5 Å². The summed E-state index contributed by atoms with van der Waals surface area (Å²) >= 11 is 0. The van der Waals surface area contributed by atoms with Crippen LogP contribution < -0.4 is 5.32 Å². The lowest BCUT2D eigenvalue weighted by Crippen LogP contribution is -2.44. The lowest BCUT2D eigenvalue weighted by molar-refractivity contribution is -0.136. The standard InChI is InChI=1S/C19H26N6O2/c1-20-19(27)14-12-22-25-16(7-8-21-18(14)25)15-6-2-3-11-24(15)17(26)13-23-9-4-5-10-23/h7-8,12,15H,2-6,9-11,13H2,1H3,(H,20,27)/t15-/m0/s1. The highest BCUT2D eigenvalue weighted by Gasteiger charge is 2.31. The molecule has 8 heteroatoms. The van der Waals surface area contributed by atoms with E-state index in [4.69, 9.17) is 0 Å². The van der Waals surface area contributed by atoms with Crippen LogP contribution in [-0.4, -0.2) is 69.4 Å². The van der Waals surface area contributed by atoms with Gasteiger partial charge in [-0.3, -0.25) is 14.5 Å². The number of fused-ring (bicyclic) bond motifs is 1. The third-order valence-corrected chi connectivity index (χ3v) is 5.62. The number of carbonyl (C=O) groups is 2. The van der Waals surface area contributed by atoms with Crippen LogP contribution in [0, 0.1) is 0 Å². The quantitative estimate of drug-likeness (QED) is 0.876. The molecule has 0 aromatic carbocycles. The van der Waals surface area contributed by atoms with Gasteiger partial charge in [0.2, 0.25) is 5.91 Å². The van der Waals surface area contributed by atoms with Crippen molar-refractivity contribution in [3.8, 4) is 0 Å². The van der Waals surface area contributed by atoms with Crippen molar-refractivity contribution in [1.82, 2.24) is 29.7 Å². The van der Waals surface area contributed by atoms with Gasteiger partial charge in [0.1, 0.15) is 5.56 Å². The molecule has 2 aromatic heterocycles. The minimum Gasteiger partial charge on any atom is -0.355 e. The molecule has 8 nitrogen and oxygen atoms in total. The van der Waals surface area contributed by atoms with Gasteiger partial charge in [-0.2, -0.15) is 5.10 Å². The molecule has 0 aliphatic carbocycles. The first-order chi connectivity index (χ1) is 13.2. The molecule has 1 N–H and O–H groups in total. The summed E-state index contributed by atoms with van der Waals surface area (Å²) in [5.74, 6) is -0.0227. The molecule has 0 spiro atoms. The van der Waals surface area contributed by atoms with E-state index in [1.54, 1.807) is 24.0 Å². The van der Waals surface area contributed by atoms with Gasteiger partial charge in [-0.15, -0.1) is 0 Å². The molecule has 2 aliphatic heterocycles. The van der Waals surface area contributed by atoms with E-state index < -0.39 is 0 Å². The number of hydrogen-bond donors (Lipinski definition) is 1. The second kappa shape index (κ2) is 7.64. The Kier molecular flexibility index (Phi) is 5.07. The van der Waals surface area contributed by atoms with Crippen molar-refractivity contribution in [3.05, 3.63) is 29.7 Å². The van der Waals surface area contributed by atoms with E-state index in [0.717, 1.165) is 44.6 Å². The Balaban J connectivity index is 1.64. The summed E-state index contributed by atoms with van der Waals surface area (Å²) in [6, 6.07) is 1.89. The fourth-order valence-electron chi connectivity index (χ4n) is 4.22. The number of rotatable bonds is 4. The van der Waals surface area contributed by atoms with E-state index in [1.807, 2.05) is 11.0 Å². The van der Waals surface area contributed by atoms with E-state index in [2.05, 4.69) is 20.3 Å². The van der Waals surface area contributed by atoms with Gasteiger partial charge in [0, 0.05) is 19.8 Å². The Morgan fingerprint density at radius 2 is 1.96 bits per heavy atom. The van der Waals surface area contributed by atoms with Gasteiger partial charge in [-0.25, -0.2) is 9.50 Å². The normalized spacial score (nSPS) is 20.9. The number of hydrogen-bond acceptors (Lipinski definition) is 5. The highest BCUT2D eigenvalue weighted by molar-refractivity contribution is 5.99. The molecule has 4 heterocycles. The molecule has 2 saturated heterocycles. The predicted octanol–water partition coefficient (Wildman–Crippen LogP) is 1.24. The summed E-state index contributed by atoms with van der Waals surface area (Å²) in [5, 5.41) is 7.03. The van der Waals surface area contributed by atoms with Crippen molar-refractivity contribution in [3.63, 3.8) is 0 Å². The summed E-state index contributed by atoms with van der Waals surface area (Å²) in [7, 11) is 1.59. The largest absolute Gasteiger partial charge is 0.355 e. The number of amides is 2. The lowest BCUT2D eigenvalue weighted by Gasteiger charge is -2.36. The second-order valence-corrected chi connectivity index (χ2v) is 7.32. The fourth-order valence-corrected chi connectivity index (χ4v) is 4.22. The lowest BCUT2D eigenvalue weighted by atomic mass is 9.98. The van der Waals surface area contributed by atoms with Crippen LogP contribution in [0.3, 0.4) is 0 Å². The average Bonchev–Trinajstić information content (AvgIpc) is 3.36. The van der Waals surface area contributed by atoms with Gasteiger partial charge in [0.15, 0.2) is 5.65 Å². The molecule has 2 amide bonds. The molecule has 0 radical (unpaired) electrons. The Labute approximate surface area is 158 Å². The first kappa shape index (κ1) is 17.9. The van der Waals surface area contributed by atoms with Crippen LogP contribution in [0.25, 0.3) is 5.65 Å². The van der Waals surface area contributed by atoms with Crippen molar-refractivity contribution in [2.24, 2.45) is 0 Å². The smallest absolute Gasteiger partial charge is 0.256 e. The third-order valence-electron chi connectivity index (χ3n) is 5.62. The highest BCUT2D eigenvalue weighted by Crippen LogP contribution is 2.31. The molecule has 2 fully saturated rings. The number of nitrogens with one attached hydrogen (secondary N) is 1. The Morgan fingerprint density at radius 1 is 1.19 bits per heavy atom. The Bertz CT molecular complexity index is 842. The predicted molar refractivity (Wildman–Crippen MR) is 100 cm³/mol. The summed E-state index contributed by atoms with van der Waals surface area (Å²) in [5.41, 5.74) is 1.90. The van der Waals surface area contributed by atoms with Crippen LogP contribution in [0.4, 0.5) is 0 Å². The molecule has 27 heavy (non-hydrogen) atoms. The molecule has 0 saturated carbocycles. The summed E-state index contributed by atoms with van der Waals surface area (Å²) < 4.78 is 1.72. The monoisotopic (exact) mass is 370 g/mol. The van der Waals surface area contributed by atoms with Crippen LogP contribution in [0.1, 0.15) is 54.2 Å². The van der Waals surface area contributed by atoms with Crippen LogP contribution in [0.15, 0.2) is 18.5 Å². The van der Waals surface area contributed by atoms with Gasteiger partial charge < -0.3 is 10.2 Å². The van der Waals surface area contributed by atoms with Crippen molar-refractivity contribution in [2.75, 3.05) is 33.2 Å². The maximum absolute atomic E-state index is 13.0. The number of carbonyl (C=O) groups excluding carboxylic acids is 2. The van der Waals surface area contributed by atoms with Crippen molar-refractivity contribution in [1.29, 1.82) is 0 Å². The molecule has 2 aromatic rings. The van der Waals surface area contributed by atoms with E-state index in [-0.39, 0.29) is 17.9 Å². The molecule has 2 aliphatic rings. The van der Waals surface area contributed by atoms with Crippen LogP contribution >= 0.6 is 0 Å². The molecule has 0 bridgehead atoms. The zero-order valence-corrected chi connectivity index (χ0v) is 15.7. The number of aromatic nitrogens is 3. The van der Waals surface area contributed by atoms with Crippen molar-refractivity contribution >= 4 is 17.5 Å². The zero-order chi connectivity index (χ0) is 18.8. The van der Waals surface area contributed by atoms with Gasteiger partial charge >= 0.3 is 0 Å². The molecule has 0 unspecified atom stereocenters. The van der Waals surface area contributed by atoms with Gasteiger partial charge in [0.25, 0.3) is 5.91 Å². The van der Waals surface area contributed by atoms with E-state index >= 15 is 0 Å². The molecule has 4 rings (SSSR count). The number of piperidine rings is 1. The van der Waals surface area contributed by atoms with E-state index in [0.29, 0.717) is 17.8 Å². The summed E-state index contributed by atoms with van der Waals surface area (Å²) in [6.07, 6.45) is 8.61. The third kappa shape index (κ3) is 3.41. The number of nitrogens with zero attached hydrogens (tertiary/aromatic N) is 5. The Hall–Kier alpha value is -2.48. The Morgan fingerprint density at radius 3 is 2.74 bits per heavy atom. The second-order valence-electron chi connectivity index (χ2n) is 7.32. The highest BCUT2D eigenvalue weighted by atomic mass is 16.2. The topological polar surface area (TPSA) is 82.8 Å². The molecule has 144 valence electrons. The minimum atomic E-state index is -0.208. The maximum Gasteiger partial charge on any atom is 0.256 e. The van der Waals surface area contributed by atoms with Crippen LogP contribution in [0.2, 0.25) is 0 Å². The first-order valence-electron chi connectivity index (χ1n) is 9.75. The molecule has 1 atom stereocenters. The number of likely N-dealkylation sites (tertiary alicyclic amines) is 2. The zero-order valence-electron chi connectivity index (χ0n) is 15.7. The van der Waals surface area contributed by atoms with Crippen LogP contribution in [-0.2, 0) is 4.79 Å². The molecular weight excluding hydrogens is 344 g/mol. The van der Waals surface area contributed by atoms with Crippen molar-refractivity contribution in [2.45, 2.75) is 38.1 Å². The van der Waals surface area contributed by atoms with E-state index in [1.165, 1.54) is 12.8 Å². The first-order valence-corrected chi connectivity index (χ1v) is 9.75. The maximum atomic E-state index is 13.0. The summed E-state index contributed by atoms with van der Waals surface area (Å²) in [4.78, 5) is 33.7. The van der Waals surface area contributed by atoms with Gasteiger partial charge in [-0.1, -0.05) is 0 Å². The fraction of sp³-hybridized carbons (Fsp3) is 0.579. The van der Waals surface area contributed by atoms with E-state index in [9.17, 15) is 9.59 Å². The average molecular weight is 370 g/mol. The minimum absolute atomic E-state index is 0.0307. The van der Waals surface area contributed by atoms with Crippen molar-refractivity contribution < 1.29 is 9.59 Å².